The summed E-state index contributed by atoms with van der Waals surface area (Å²) in [6.07, 6.45) is 38.9. The number of phenols is 1. The molecule has 0 radical (unpaired) electrons. The number of phenolic OH excluding ortho intramolecular Hbond substituents is 1. The molecule has 1 aromatic rings. The first-order valence-electron chi connectivity index (χ1n) is 18.3. The van der Waals surface area contributed by atoms with Gasteiger partial charge in [-0.25, -0.2) is 0 Å². The van der Waals surface area contributed by atoms with Crippen molar-refractivity contribution in [2.75, 3.05) is 6.54 Å². The second-order valence-corrected chi connectivity index (χ2v) is 12.7. The minimum absolute atomic E-state index is 0.473. The lowest BCUT2D eigenvalue weighted by Crippen LogP contribution is -2.14. The maximum atomic E-state index is 10.5. The van der Waals surface area contributed by atoms with E-state index in [-0.39, 0.29) is 0 Å². The molecule has 1 aromatic carbocycles. The van der Waals surface area contributed by atoms with E-state index in [1.165, 1.54) is 179 Å². The molecule has 2 N–H and O–H groups in total. The molecule has 0 spiro atoms. The topological polar surface area (TPSA) is 32.3 Å². The highest BCUT2D eigenvalue weighted by Gasteiger charge is 2.03. The highest BCUT2D eigenvalue weighted by molar-refractivity contribution is 5.36. The number of hydrogen-bond donors (Lipinski definition) is 2. The molecule has 0 atom stereocenters. The third kappa shape index (κ3) is 23.7. The highest BCUT2D eigenvalue weighted by atomic mass is 16.3. The van der Waals surface area contributed by atoms with Crippen molar-refractivity contribution in [3.05, 3.63) is 29.3 Å². The smallest absolute Gasteiger partial charge is 0.120 e. The van der Waals surface area contributed by atoms with Crippen molar-refractivity contribution in [2.24, 2.45) is 0 Å². The van der Waals surface area contributed by atoms with Gasteiger partial charge in [0.15, 0.2) is 0 Å². The van der Waals surface area contributed by atoms with Crippen LogP contribution in [0.4, 0.5) is 0 Å². The SMILES string of the molecule is CCCCCCCCCCCCCCCCNCc1ccc(CCCCCCCCCCCCCCC)cc1O. The van der Waals surface area contributed by atoms with Gasteiger partial charge in [-0.1, -0.05) is 187 Å². The molecular weight excluding hydrogens is 486 g/mol. The van der Waals surface area contributed by atoms with Crippen LogP contribution in [-0.2, 0) is 13.0 Å². The van der Waals surface area contributed by atoms with Crippen LogP contribution < -0.4 is 5.32 Å². The average molecular weight is 558 g/mol. The molecule has 0 saturated heterocycles. The van der Waals surface area contributed by atoms with E-state index in [1.54, 1.807) is 0 Å². The van der Waals surface area contributed by atoms with Crippen LogP contribution in [-0.4, -0.2) is 11.7 Å². The summed E-state index contributed by atoms with van der Waals surface area (Å²) in [6.45, 7) is 6.42. The average Bonchev–Trinajstić information content (AvgIpc) is 2.96. The number of aromatic hydroxyl groups is 1. The summed E-state index contributed by atoms with van der Waals surface area (Å²) in [4.78, 5) is 0. The van der Waals surface area contributed by atoms with Crippen LogP contribution in [0.15, 0.2) is 18.2 Å². The van der Waals surface area contributed by atoms with Crippen molar-refractivity contribution in [2.45, 2.75) is 200 Å². The third-order valence-electron chi connectivity index (χ3n) is 8.74. The van der Waals surface area contributed by atoms with Crippen molar-refractivity contribution < 1.29 is 5.11 Å². The van der Waals surface area contributed by atoms with Gasteiger partial charge >= 0.3 is 0 Å². The summed E-state index contributed by atoms with van der Waals surface area (Å²) >= 11 is 0. The van der Waals surface area contributed by atoms with E-state index in [1.807, 2.05) is 6.07 Å². The third-order valence-corrected chi connectivity index (χ3v) is 8.74. The summed E-state index contributed by atoms with van der Waals surface area (Å²) in [7, 11) is 0. The van der Waals surface area contributed by atoms with Crippen LogP contribution in [0.5, 0.6) is 5.75 Å². The quantitative estimate of drug-likeness (QED) is 0.0890. The number of rotatable bonds is 31. The summed E-state index contributed by atoms with van der Waals surface area (Å²) in [6, 6.07) is 6.36. The zero-order valence-electron chi connectivity index (χ0n) is 27.4. The lowest BCUT2D eigenvalue weighted by Gasteiger charge is -2.09. The first-order chi connectivity index (χ1) is 19.8. The number of benzene rings is 1. The van der Waals surface area contributed by atoms with Crippen LogP contribution in [0.2, 0.25) is 0 Å². The van der Waals surface area contributed by atoms with Gasteiger partial charge in [0.2, 0.25) is 0 Å². The van der Waals surface area contributed by atoms with Crippen molar-refractivity contribution in [1.29, 1.82) is 0 Å². The molecule has 234 valence electrons. The molecule has 0 fully saturated rings. The largest absolute Gasteiger partial charge is 0.508 e. The summed E-state index contributed by atoms with van der Waals surface area (Å²) in [5, 5.41) is 14.0. The van der Waals surface area contributed by atoms with Gasteiger partial charge in [-0.15, -0.1) is 0 Å². The summed E-state index contributed by atoms with van der Waals surface area (Å²) in [5.41, 5.74) is 2.33. The Kier molecular flexibility index (Phi) is 27.3. The van der Waals surface area contributed by atoms with Gasteiger partial charge in [0, 0.05) is 12.1 Å². The molecule has 0 aliphatic rings. The molecule has 0 aliphatic heterocycles. The Morgan fingerprint density at radius 3 is 1.25 bits per heavy atom. The van der Waals surface area contributed by atoms with Crippen LogP contribution in [0, 0.1) is 0 Å². The lowest BCUT2D eigenvalue weighted by molar-refractivity contribution is 0.462. The fourth-order valence-electron chi connectivity index (χ4n) is 5.93. The van der Waals surface area contributed by atoms with E-state index in [9.17, 15) is 5.11 Å². The van der Waals surface area contributed by atoms with Gasteiger partial charge in [0.1, 0.15) is 5.75 Å². The standard InChI is InChI=1S/C38H71NO/c1-3-5-7-9-11-13-15-17-19-21-23-25-27-29-33-39-35-37-32-31-36(34-38(37)40)30-28-26-24-22-20-18-16-14-12-10-8-6-4-2/h31-32,34,39-40H,3-30,33,35H2,1-2H3. The molecule has 0 amide bonds. The minimum atomic E-state index is 0.473. The fourth-order valence-corrected chi connectivity index (χ4v) is 5.93. The van der Waals surface area contributed by atoms with Gasteiger partial charge in [0.25, 0.3) is 0 Å². The highest BCUT2D eigenvalue weighted by Crippen LogP contribution is 2.21. The molecule has 2 nitrogen and oxygen atoms in total. The van der Waals surface area contributed by atoms with Crippen LogP contribution in [0.3, 0.4) is 0 Å². The molecule has 2 heteroatoms. The van der Waals surface area contributed by atoms with E-state index in [0.29, 0.717) is 5.75 Å². The predicted molar refractivity (Wildman–Crippen MR) is 180 cm³/mol. The van der Waals surface area contributed by atoms with Gasteiger partial charge < -0.3 is 10.4 Å². The maximum Gasteiger partial charge on any atom is 0.120 e. The van der Waals surface area contributed by atoms with Gasteiger partial charge in [-0.3, -0.25) is 0 Å². The van der Waals surface area contributed by atoms with E-state index >= 15 is 0 Å². The Hall–Kier alpha value is -1.02. The van der Waals surface area contributed by atoms with Gasteiger partial charge in [0.05, 0.1) is 0 Å². The second-order valence-electron chi connectivity index (χ2n) is 12.7. The normalized spacial score (nSPS) is 11.4. The van der Waals surface area contributed by atoms with E-state index < -0.39 is 0 Å². The first-order valence-corrected chi connectivity index (χ1v) is 18.3. The van der Waals surface area contributed by atoms with E-state index in [4.69, 9.17) is 0 Å². The lowest BCUT2D eigenvalue weighted by atomic mass is 10.0. The Labute approximate surface area is 251 Å². The molecule has 0 saturated carbocycles. The number of aryl methyl sites for hydroxylation is 1. The first kappa shape index (κ1) is 37.0. The van der Waals surface area contributed by atoms with Crippen molar-refractivity contribution >= 4 is 0 Å². The van der Waals surface area contributed by atoms with Crippen LogP contribution in [0.1, 0.15) is 198 Å². The predicted octanol–water partition coefficient (Wildman–Crippen LogP) is 12.6. The van der Waals surface area contributed by atoms with Crippen molar-refractivity contribution in [3.8, 4) is 5.75 Å². The molecule has 0 aromatic heterocycles. The van der Waals surface area contributed by atoms with Crippen LogP contribution >= 0.6 is 0 Å². The Balaban J connectivity index is 1.90. The molecular formula is C38H71NO. The Morgan fingerprint density at radius 1 is 0.475 bits per heavy atom. The molecule has 1 rings (SSSR count). The van der Waals surface area contributed by atoms with Gasteiger partial charge in [-0.05, 0) is 37.4 Å². The summed E-state index contributed by atoms with van der Waals surface area (Å²) in [5.74, 6) is 0.473. The molecule has 40 heavy (non-hydrogen) atoms. The maximum absolute atomic E-state index is 10.5. The Bertz CT molecular complexity index is 642. The second kappa shape index (κ2) is 29.5. The number of hydrogen-bond acceptors (Lipinski definition) is 2. The van der Waals surface area contributed by atoms with Crippen molar-refractivity contribution in [1.82, 2.24) is 5.32 Å². The van der Waals surface area contributed by atoms with Gasteiger partial charge in [-0.2, -0.15) is 0 Å². The van der Waals surface area contributed by atoms with E-state index in [2.05, 4.69) is 31.3 Å². The minimum Gasteiger partial charge on any atom is -0.508 e. The zero-order valence-corrected chi connectivity index (χ0v) is 27.4. The van der Waals surface area contributed by atoms with E-state index in [0.717, 1.165) is 25.1 Å². The number of unbranched alkanes of at least 4 members (excludes halogenated alkanes) is 25. The monoisotopic (exact) mass is 558 g/mol. The fraction of sp³-hybridized carbons (Fsp3) is 0.842. The molecule has 0 bridgehead atoms. The number of nitrogens with one attached hydrogen (secondary N) is 1. The Morgan fingerprint density at radius 2 is 0.850 bits per heavy atom. The van der Waals surface area contributed by atoms with Crippen molar-refractivity contribution in [3.63, 3.8) is 0 Å². The molecule has 0 heterocycles. The zero-order chi connectivity index (χ0) is 28.8. The molecule has 0 unspecified atom stereocenters. The summed E-state index contributed by atoms with van der Waals surface area (Å²) < 4.78 is 0. The van der Waals surface area contributed by atoms with Crippen LogP contribution in [0.25, 0.3) is 0 Å². The molecule has 0 aliphatic carbocycles.